The molecular formula is C24H26N4S. The van der Waals surface area contributed by atoms with Crippen LogP contribution in [0, 0.1) is 5.41 Å². The van der Waals surface area contributed by atoms with Crippen LogP contribution in [0.5, 0.6) is 0 Å². The average Bonchev–Trinajstić information content (AvgIpc) is 3.41. The lowest BCUT2D eigenvalue weighted by atomic mass is 9.54. The molecule has 2 aliphatic rings. The molecule has 5 heteroatoms. The molecule has 2 aliphatic heterocycles. The minimum Gasteiger partial charge on any atom is -0.301 e. The van der Waals surface area contributed by atoms with Crippen molar-refractivity contribution in [1.82, 2.24) is 9.97 Å². The van der Waals surface area contributed by atoms with Gasteiger partial charge in [0.05, 0.1) is 5.00 Å². The Labute approximate surface area is 176 Å². The number of rotatable bonds is 4. The Bertz CT molecular complexity index is 1060. The van der Waals surface area contributed by atoms with E-state index >= 15 is 0 Å². The summed E-state index contributed by atoms with van der Waals surface area (Å²) in [4.78, 5) is 14.4. The van der Waals surface area contributed by atoms with Crippen molar-refractivity contribution in [3.05, 3.63) is 72.4 Å². The lowest BCUT2D eigenvalue weighted by Gasteiger charge is -2.58. The maximum atomic E-state index is 4.80. The predicted molar refractivity (Wildman–Crippen MR) is 121 cm³/mol. The van der Waals surface area contributed by atoms with Gasteiger partial charge >= 0.3 is 0 Å². The van der Waals surface area contributed by atoms with Crippen molar-refractivity contribution >= 4 is 33.7 Å². The van der Waals surface area contributed by atoms with Gasteiger partial charge in [-0.15, -0.1) is 17.9 Å². The van der Waals surface area contributed by atoms with E-state index in [4.69, 9.17) is 9.97 Å². The van der Waals surface area contributed by atoms with Gasteiger partial charge in [-0.1, -0.05) is 45.0 Å². The summed E-state index contributed by atoms with van der Waals surface area (Å²) in [5.41, 5.74) is 2.31. The molecule has 3 atom stereocenters. The first-order chi connectivity index (χ1) is 14.1. The van der Waals surface area contributed by atoms with Crippen LogP contribution in [0.3, 0.4) is 0 Å². The zero-order chi connectivity index (χ0) is 20.2. The van der Waals surface area contributed by atoms with Gasteiger partial charge in [-0.2, -0.15) is 0 Å². The summed E-state index contributed by atoms with van der Waals surface area (Å²) in [6.07, 6.45) is 7.89. The summed E-state index contributed by atoms with van der Waals surface area (Å²) in [5.74, 6) is 1.87. The van der Waals surface area contributed by atoms with Gasteiger partial charge in [-0.3, -0.25) is 4.90 Å². The van der Waals surface area contributed by atoms with Crippen molar-refractivity contribution in [1.29, 1.82) is 0 Å². The Balaban J connectivity index is 1.89. The molecule has 1 aromatic carbocycles. The van der Waals surface area contributed by atoms with Crippen molar-refractivity contribution in [3.8, 4) is 0 Å². The molecule has 3 unspecified atom stereocenters. The van der Waals surface area contributed by atoms with Crippen LogP contribution >= 0.6 is 11.3 Å². The van der Waals surface area contributed by atoms with Crippen LogP contribution < -0.4 is 9.80 Å². The third kappa shape index (κ3) is 2.14. The number of nitrogens with zero attached hydrogens (tertiary/aromatic N) is 4. The highest BCUT2D eigenvalue weighted by atomic mass is 32.1. The summed E-state index contributed by atoms with van der Waals surface area (Å²) >= 11 is 1.75. The van der Waals surface area contributed by atoms with E-state index in [9.17, 15) is 0 Å². The van der Waals surface area contributed by atoms with Gasteiger partial charge in [0.2, 0.25) is 0 Å². The molecule has 0 N–H and O–H groups in total. The summed E-state index contributed by atoms with van der Waals surface area (Å²) in [5, 5.41) is 3.33. The van der Waals surface area contributed by atoms with Crippen LogP contribution in [-0.4, -0.2) is 16.1 Å². The summed E-state index contributed by atoms with van der Waals surface area (Å²) in [6, 6.07) is 13.1. The smallest absolute Gasteiger partial charge is 0.179 e. The van der Waals surface area contributed by atoms with Crippen molar-refractivity contribution < 1.29 is 0 Å². The molecule has 3 aromatic rings. The molecule has 0 fully saturated rings. The highest BCUT2D eigenvalue weighted by Gasteiger charge is 2.62. The molecule has 4 heterocycles. The van der Waals surface area contributed by atoms with Gasteiger partial charge in [-0.25, -0.2) is 9.97 Å². The van der Waals surface area contributed by atoms with Crippen LogP contribution in [-0.2, 0) is 5.41 Å². The zero-order valence-electron chi connectivity index (χ0n) is 17.2. The van der Waals surface area contributed by atoms with Gasteiger partial charge in [-0.05, 0) is 42.0 Å². The minimum atomic E-state index is -0.142. The first kappa shape index (κ1) is 18.4. The molecule has 0 bridgehead atoms. The maximum absolute atomic E-state index is 4.80. The number of hydrogen-bond donors (Lipinski definition) is 0. The van der Waals surface area contributed by atoms with E-state index < -0.39 is 0 Å². The summed E-state index contributed by atoms with van der Waals surface area (Å²) in [6.45, 7) is 11.4. The number of anilines is 4. The van der Waals surface area contributed by atoms with E-state index in [1.54, 1.807) is 23.7 Å². The second kappa shape index (κ2) is 6.42. The topological polar surface area (TPSA) is 32.3 Å². The van der Waals surface area contributed by atoms with Gasteiger partial charge in [0.25, 0.3) is 0 Å². The molecular weight excluding hydrogens is 376 g/mol. The highest BCUT2D eigenvalue weighted by molar-refractivity contribution is 7.14. The lowest BCUT2D eigenvalue weighted by molar-refractivity contribution is 0.120. The number of thiophene rings is 1. The normalized spacial score (nSPS) is 27.3. The van der Waals surface area contributed by atoms with Crippen molar-refractivity contribution in [3.63, 3.8) is 0 Å². The third-order valence-corrected chi connectivity index (χ3v) is 8.09. The average molecular weight is 403 g/mol. The Morgan fingerprint density at radius 2 is 1.76 bits per heavy atom. The van der Waals surface area contributed by atoms with E-state index in [2.05, 4.69) is 85.0 Å². The molecule has 2 aromatic heterocycles. The fraction of sp³-hybridized carbons (Fsp3) is 0.333. The SMILES string of the molecule is C=CC1(CC)c2ccccc2N2c3nccnc3N(c3cccs3)C2C1(C)CC. The largest absolute Gasteiger partial charge is 0.301 e. The first-order valence-corrected chi connectivity index (χ1v) is 11.2. The fourth-order valence-electron chi connectivity index (χ4n) is 5.64. The van der Waals surface area contributed by atoms with Crippen LogP contribution in [0.15, 0.2) is 66.8 Å². The second-order valence-corrected chi connectivity index (χ2v) is 9.01. The van der Waals surface area contributed by atoms with Crippen molar-refractivity contribution in [2.24, 2.45) is 5.41 Å². The maximum Gasteiger partial charge on any atom is 0.179 e. The van der Waals surface area contributed by atoms with Crippen LogP contribution in [0.25, 0.3) is 0 Å². The molecule has 0 amide bonds. The van der Waals surface area contributed by atoms with Gasteiger partial charge in [0, 0.05) is 28.9 Å². The minimum absolute atomic E-state index is 0.0800. The quantitative estimate of drug-likeness (QED) is 0.472. The first-order valence-electron chi connectivity index (χ1n) is 10.3. The van der Waals surface area contributed by atoms with E-state index in [1.165, 1.54) is 16.3 Å². The molecule has 0 saturated heterocycles. The Morgan fingerprint density at radius 1 is 1.03 bits per heavy atom. The number of aromatic nitrogens is 2. The van der Waals surface area contributed by atoms with Crippen molar-refractivity contribution in [2.45, 2.75) is 45.2 Å². The lowest BCUT2D eigenvalue weighted by Crippen LogP contribution is -2.62. The summed E-state index contributed by atoms with van der Waals surface area (Å²) < 4.78 is 0. The Hall–Kier alpha value is -2.66. The third-order valence-electron chi connectivity index (χ3n) is 7.22. The number of para-hydroxylation sites is 1. The molecule has 0 spiro atoms. The molecule has 0 aliphatic carbocycles. The van der Waals surface area contributed by atoms with Gasteiger partial charge in [0.1, 0.15) is 6.17 Å². The second-order valence-electron chi connectivity index (χ2n) is 8.09. The van der Waals surface area contributed by atoms with E-state index in [0.717, 1.165) is 24.5 Å². The van der Waals surface area contributed by atoms with Crippen molar-refractivity contribution in [2.75, 3.05) is 9.80 Å². The molecule has 4 nitrogen and oxygen atoms in total. The highest BCUT2D eigenvalue weighted by Crippen LogP contribution is 2.64. The number of hydrogen-bond acceptors (Lipinski definition) is 5. The number of allylic oxidation sites excluding steroid dienone is 1. The Kier molecular flexibility index (Phi) is 4.07. The predicted octanol–water partition coefficient (Wildman–Crippen LogP) is 6.42. The van der Waals surface area contributed by atoms with E-state index in [0.29, 0.717) is 0 Å². The number of benzene rings is 1. The zero-order valence-corrected chi connectivity index (χ0v) is 18.0. The molecule has 148 valence electrons. The van der Waals surface area contributed by atoms with Crippen LogP contribution in [0.4, 0.5) is 22.3 Å². The summed E-state index contributed by atoms with van der Waals surface area (Å²) in [7, 11) is 0. The van der Waals surface area contributed by atoms with Crippen LogP contribution in [0.2, 0.25) is 0 Å². The monoisotopic (exact) mass is 402 g/mol. The molecule has 5 rings (SSSR count). The van der Waals surface area contributed by atoms with E-state index in [-0.39, 0.29) is 17.0 Å². The van der Waals surface area contributed by atoms with Gasteiger partial charge in [0.15, 0.2) is 11.6 Å². The van der Waals surface area contributed by atoms with Crippen LogP contribution in [0.1, 0.15) is 39.2 Å². The van der Waals surface area contributed by atoms with E-state index in [1.807, 2.05) is 0 Å². The Morgan fingerprint density at radius 3 is 2.38 bits per heavy atom. The molecule has 0 saturated carbocycles. The molecule has 29 heavy (non-hydrogen) atoms. The fourth-order valence-corrected chi connectivity index (χ4v) is 6.39. The number of fused-ring (bicyclic) bond motifs is 5. The molecule has 0 radical (unpaired) electrons. The standard InChI is InChI=1S/C24H26N4S/c1-5-23(4)22-27(18-12-9-8-11-17(18)24(23,6-2)7-3)20-21(26-15-14-25-20)28(22)19-13-10-16-29-19/h6,8-16,22H,2,5,7H2,1,3-4H3. The van der Waals surface area contributed by atoms with Gasteiger partial charge < -0.3 is 4.90 Å².